The fraction of sp³-hybridized carbons (Fsp3) is 0.500. The Morgan fingerprint density at radius 2 is 1.88 bits per heavy atom. The molecule has 1 nitrogen and oxygen atoms in total. The number of thioether (sulfide) groups is 2. The van der Waals surface area contributed by atoms with Crippen LogP contribution in [0.4, 0.5) is 0 Å². The van der Waals surface area contributed by atoms with E-state index in [1.807, 2.05) is 11.8 Å². The molecule has 0 N–H and O–H groups in total. The van der Waals surface area contributed by atoms with Gasteiger partial charge in [0, 0.05) is 17.2 Å². The van der Waals surface area contributed by atoms with Crippen LogP contribution >= 0.6 is 23.5 Å². The standard InChI is InChI=1S/C14H19NS2/c1-14(2,3)11-5-7-12(8-6-11)17-13-15-9-4-10-16-13/h5-8H,4,9-10H2,1-3H3. The second-order valence-corrected chi connectivity index (χ2v) is 7.63. The Morgan fingerprint density at radius 1 is 1.18 bits per heavy atom. The van der Waals surface area contributed by atoms with Crippen molar-refractivity contribution in [2.24, 2.45) is 4.99 Å². The van der Waals surface area contributed by atoms with E-state index in [9.17, 15) is 0 Å². The second kappa shape index (κ2) is 5.49. The zero-order chi connectivity index (χ0) is 12.3. The second-order valence-electron chi connectivity index (χ2n) is 5.23. The van der Waals surface area contributed by atoms with E-state index in [4.69, 9.17) is 0 Å². The lowest BCUT2D eigenvalue weighted by atomic mass is 9.87. The number of aliphatic imine (C=N–C) groups is 1. The number of nitrogens with zero attached hydrogens (tertiary/aromatic N) is 1. The molecule has 1 aromatic carbocycles. The SMILES string of the molecule is CC(C)(C)c1ccc(SC2=NCCCS2)cc1. The molecule has 0 bridgehead atoms. The molecule has 0 aliphatic carbocycles. The highest BCUT2D eigenvalue weighted by Gasteiger charge is 2.13. The summed E-state index contributed by atoms with van der Waals surface area (Å²) < 4.78 is 1.22. The third-order valence-electron chi connectivity index (χ3n) is 2.69. The molecule has 1 aliphatic heterocycles. The van der Waals surface area contributed by atoms with Crippen LogP contribution in [0.3, 0.4) is 0 Å². The largest absolute Gasteiger partial charge is 0.271 e. The van der Waals surface area contributed by atoms with E-state index in [0.29, 0.717) is 0 Å². The predicted octanol–water partition coefficient (Wildman–Crippen LogP) is 4.57. The van der Waals surface area contributed by atoms with E-state index in [1.54, 1.807) is 11.8 Å². The van der Waals surface area contributed by atoms with Gasteiger partial charge in [0.15, 0.2) is 0 Å². The maximum atomic E-state index is 4.54. The molecule has 0 spiro atoms. The van der Waals surface area contributed by atoms with Crippen molar-refractivity contribution in [3.8, 4) is 0 Å². The van der Waals surface area contributed by atoms with Gasteiger partial charge in [-0.1, -0.05) is 56.4 Å². The number of rotatable bonds is 1. The van der Waals surface area contributed by atoms with E-state index in [-0.39, 0.29) is 5.41 Å². The number of benzene rings is 1. The minimum absolute atomic E-state index is 0.236. The molecule has 17 heavy (non-hydrogen) atoms. The molecule has 3 heteroatoms. The molecule has 0 amide bonds. The van der Waals surface area contributed by atoms with Gasteiger partial charge in [0.2, 0.25) is 0 Å². The summed E-state index contributed by atoms with van der Waals surface area (Å²) >= 11 is 3.68. The van der Waals surface area contributed by atoms with E-state index < -0.39 is 0 Å². The lowest BCUT2D eigenvalue weighted by Gasteiger charge is -2.19. The number of hydrogen-bond donors (Lipinski definition) is 0. The van der Waals surface area contributed by atoms with Crippen molar-refractivity contribution >= 4 is 27.9 Å². The molecular weight excluding hydrogens is 246 g/mol. The zero-order valence-electron chi connectivity index (χ0n) is 10.7. The van der Waals surface area contributed by atoms with Gasteiger partial charge in [0.1, 0.15) is 4.38 Å². The fourth-order valence-corrected chi connectivity index (χ4v) is 3.66. The van der Waals surface area contributed by atoms with Crippen LogP contribution in [-0.4, -0.2) is 16.7 Å². The van der Waals surface area contributed by atoms with Gasteiger partial charge in [-0.2, -0.15) is 0 Å². The van der Waals surface area contributed by atoms with Gasteiger partial charge in [-0.25, -0.2) is 0 Å². The van der Waals surface area contributed by atoms with Crippen LogP contribution in [0.2, 0.25) is 0 Å². The van der Waals surface area contributed by atoms with E-state index in [1.165, 1.54) is 27.0 Å². The third-order valence-corrected chi connectivity index (χ3v) is 4.98. The quantitative estimate of drug-likeness (QED) is 0.737. The maximum Gasteiger partial charge on any atom is 0.129 e. The molecule has 0 atom stereocenters. The Labute approximate surface area is 112 Å². The van der Waals surface area contributed by atoms with E-state index in [2.05, 4.69) is 50.0 Å². The van der Waals surface area contributed by atoms with Crippen molar-refractivity contribution in [2.45, 2.75) is 37.5 Å². The molecule has 1 aromatic rings. The molecule has 0 saturated carbocycles. The Bertz CT molecular complexity index is 401. The fourth-order valence-electron chi connectivity index (χ4n) is 1.63. The van der Waals surface area contributed by atoms with Crippen LogP contribution in [0.5, 0.6) is 0 Å². The van der Waals surface area contributed by atoms with Crippen LogP contribution in [0.15, 0.2) is 34.2 Å². The smallest absolute Gasteiger partial charge is 0.129 e. The third kappa shape index (κ3) is 3.78. The van der Waals surface area contributed by atoms with Crippen LogP contribution in [0.25, 0.3) is 0 Å². The summed E-state index contributed by atoms with van der Waals surface area (Å²) in [5.74, 6) is 1.21. The average molecular weight is 265 g/mol. The average Bonchev–Trinajstić information content (AvgIpc) is 2.30. The first-order valence-corrected chi connectivity index (χ1v) is 7.81. The van der Waals surface area contributed by atoms with Crippen molar-refractivity contribution in [1.82, 2.24) is 0 Å². The summed E-state index contributed by atoms with van der Waals surface area (Å²) in [5, 5.41) is 0. The number of hydrogen-bond acceptors (Lipinski definition) is 3. The molecule has 1 aliphatic rings. The lowest BCUT2D eigenvalue weighted by molar-refractivity contribution is 0.590. The molecule has 0 unspecified atom stereocenters. The van der Waals surface area contributed by atoms with Gasteiger partial charge >= 0.3 is 0 Å². The van der Waals surface area contributed by atoms with Crippen LogP contribution < -0.4 is 0 Å². The minimum atomic E-state index is 0.236. The van der Waals surface area contributed by atoms with Crippen molar-refractivity contribution in [3.63, 3.8) is 0 Å². The van der Waals surface area contributed by atoms with Crippen LogP contribution in [-0.2, 0) is 5.41 Å². The Kier molecular flexibility index (Phi) is 4.21. The van der Waals surface area contributed by atoms with Crippen molar-refractivity contribution in [3.05, 3.63) is 29.8 Å². The summed E-state index contributed by atoms with van der Waals surface area (Å²) in [6, 6.07) is 8.89. The summed E-state index contributed by atoms with van der Waals surface area (Å²) in [4.78, 5) is 5.84. The first-order valence-electron chi connectivity index (χ1n) is 6.01. The first-order chi connectivity index (χ1) is 8.05. The summed E-state index contributed by atoms with van der Waals surface area (Å²) in [6.45, 7) is 7.73. The molecule has 92 valence electrons. The van der Waals surface area contributed by atoms with Gasteiger partial charge in [0.25, 0.3) is 0 Å². The maximum absolute atomic E-state index is 4.54. The monoisotopic (exact) mass is 265 g/mol. The van der Waals surface area contributed by atoms with Crippen molar-refractivity contribution < 1.29 is 0 Å². The van der Waals surface area contributed by atoms with E-state index >= 15 is 0 Å². The zero-order valence-corrected chi connectivity index (χ0v) is 12.3. The van der Waals surface area contributed by atoms with Gasteiger partial charge in [-0.15, -0.1) is 0 Å². The Balaban J connectivity index is 2.05. The van der Waals surface area contributed by atoms with E-state index in [0.717, 1.165) is 6.54 Å². The summed E-state index contributed by atoms with van der Waals surface area (Å²) in [6.07, 6.45) is 1.22. The highest BCUT2D eigenvalue weighted by atomic mass is 32.2. The highest BCUT2D eigenvalue weighted by Crippen LogP contribution is 2.30. The Morgan fingerprint density at radius 3 is 2.41 bits per heavy atom. The molecule has 0 radical (unpaired) electrons. The molecule has 0 fully saturated rings. The van der Waals surface area contributed by atoms with Crippen LogP contribution in [0, 0.1) is 0 Å². The Hall–Kier alpha value is -0.410. The van der Waals surface area contributed by atoms with Crippen molar-refractivity contribution in [2.75, 3.05) is 12.3 Å². The van der Waals surface area contributed by atoms with Gasteiger partial charge in [-0.3, -0.25) is 4.99 Å². The molecular formula is C14H19NS2. The summed E-state index contributed by atoms with van der Waals surface area (Å²) in [7, 11) is 0. The lowest BCUT2D eigenvalue weighted by Crippen LogP contribution is -2.10. The van der Waals surface area contributed by atoms with Crippen LogP contribution in [0.1, 0.15) is 32.8 Å². The highest BCUT2D eigenvalue weighted by molar-refractivity contribution is 8.38. The molecule has 0 saturated heterocycles. The normalized spacial score (nSPS) is 16.8. The van der Waals surface area contributed by atoms with Gasteiger partial charge in [-0.05, 0) is 29.5 Å². The molecule has 2 rings (SSSR count). The van der Waals surface area contributed by atoms with Gasteiger partial charge < -0.3 is 0 Å². The molecule has 0 aromatic heterocycles. The predicted molar refractivity (Wildman–Crippen MR) is 80.4 cm³/mol. The first kappa shape index (κ1) is 13.0. The topological polar surface area (TPSA) is 12.4 Å². The minimum Gasteiger partial charge on any atom is -0.271 e. The van der Waals surface area contributed by atoms with Crippen molar-refractivity contribution in [1.29, 1.82) is 0 Å². The molecule has 1 heterocycles. The summed E-state index contributed by atoms with van der Waals surface area (Å²) in [5.41, 5.74) is 1.63. The van der Waals surface area contributed by atoms with Gasteiger partial charge in [0.05, 0.1) is 0 Å².